The molecule has 5 rings (SSSR count). The molecule has 0 saturated heterocycles. The summed E-state index contributed by atoms with van der Waals surface area (Å²) < 4.78 is 25.8. The van der Waals surface area contributed by atoms with Gasteiger partial charge in [-0.2, -0.15) is 4.98 Å². The number of nitrogens with one attached hydrogen (secondary N) is 1. The van der Waals surface area contributed by atoms with Gasteiger partial charge in [-0.25, -0.2) is 14.2 Å². The van der Waals surface area contributed by atoms with Gasteiger partial charge in [0.25, 0.3) is 5.91 Å². The zero-order valence-corrected chi connectivity index (χ0v) is 20.0. The SMILES string of the molecule is Cc1ccc(-c2noc([C@H]3C[C@@H]3F)n2)cc1NC(=O)c1cnc2n1CCN(C(=O)OC(C)(C)C)C2. The van der Waals surface area contributed by atoms with E-state index >= 15 is 0 Å². The highest BCUT2D eigenvalue weighted by molar-refractivity contribution is 6.03. The topological polar surface area (TPSA) is 115 Å². The largest absolute Gasteiger partial charge is 0.444 e. The maximum absolute atomic E-state index is 13.3. The number of alkyl halides is 1. The van der Waals surface area contributed by atoms with Crippen LogP contribution in [0.25, 0.3) is 11.4 Å². The van der Waals surface area contributed by atoms with E-state index < -0.39 is 17.9 Å². The average Bonchev–Trinajstić information content (AvgIpc) is 3.19. The molecule has 2 amide bonds. The first-order valence-corrected chi connectivity index (χ1v) is 11.5. The molecule has 2 atom stereocenters. The molecule has 1 saturated carbocycles. The maximum Gasteiger partial charge on any atom is 0.410 e. The summed E-state index contributed by atoms with van der Waals surface area (Å²) in [6.07, 6.45) is 0.589. The number of imidazole rings is 1. The summed E-state index contributed by atoms with van der Waals surface area (Å²) in [7, 11) is 0. The Kier molecular flexibility index (Phi) is 5.57. The number of fused-ring (bicyclic) bond motifs is 1. The molecule has 0 radical (unpaired) electrons. The Morgan fingerprint density at radius 1 is 1.26 bits per heavy atom. The van der Waals surface area contributed by atoms with Gasteiger partial charge in [0.1, 0.15) is 23.3 Å². The number of benzene rings is 1. The Labute approximate surface area is 201 Å². The van der Waals surface area contributed by atoms with Crippen LogP contribution in [0.3, 0.4) is 0 Å². The van der Waals surface area contributed by atoms with Gasteiger partial charge in [0.05, 0.1) is 18.7 Å². The first-order valence-electron chi connectivity index (χ1n) is 11.5. The summed E-state index contributed by atoms with van der Waals surface area (Å²) in [6.45, 7) is 8.44. The molecule has 3 aromatic rings. The standard InChI is InChI=1S/C24H27FN6O4/c1-13-5-6-14(20-28-22(35-29-20)15-10-16(15)25)9-17(13)27-21(32)18-11-26-19-12-30(7-8-31(18)19)23(33)34-24(2,3)4/h5-6,9,11,15-16H,7-8,10,12H2,1-4H3,(H,27,32)/t15-,16-/m0/s1. The second-order valence-electron chi connectivity index (χ2n) is 9.91. The van der Waals surface area contributed by atoms with Crippen molar-refractivity contribution in [3.05, 3.63) is 47.4 Å². The van der Waals surface area contributed by atoms with Gasteiger partial charge < -0.3 is 19.1 Å². The highest BCUT2D eigenvalue weighted by Crippen LogP contribution is 2.43. The third-order valence-corrected chi connectivity index (χ3v) is 5.96. The van der Waals surface area contributed by atoms with Gasteiger partial charge in [0.15, 0.2) is 0 Å². The van der Waals surface area contributed by atoms with Crippen molar-refractivity contribution in [2.75, 3.05) is 11.9 Å². The molecule has 2 aliphatic rings. The lowest BCUT2D eigenvalue weighted by Gasteiger charge is -2.30. The monoisotopic (exact) mass is 482 g/mol. The number of carbonyl (C=O) groups excluding carboxylic acids is 2. The number of nitrogens with zero attached hydrogens (tertiary/aromatic N) is 5. The van der Waals surface area contributed by atoms with Gasteiger partial charge in [0, 0.05) is 24.3 Å². The Balaban J connectivity index is 1.30. The lowest BCUT2D eigenvalue weighted by molar-refractivity contribution is 0.0195. The fraction of sp³-hybridized carbons (Fsp3) is 0.458. The van der Waals surface area contributed by atoms with Crippen LogP contribution in [-0.4, -0.2) is 54.9 Å². The Hall–Kier alpha value is -3.76. The maximum atomic E-state index is 13.3. The minimum atomic E-state index is -0.922. The van der Waals surface area contributed by atoms with Crippen molar-refractivity contribution >= 4 is 17.7 Å². The van der Waals surface area contributed by atoms with Crippen LogP contribution in [0.15, 0.2) is 28.9 Å². The number of carbonyl (C=O) groups is 2. The first-order chi connectivity index (χ1) is 16.6. The van der Waals surface area contributed by atoms with Crippen LogP contribution in [0, 0.1) is 6.92 Å². The molecular formula is C24H27FN6O4. The van der Waals surface area contributed by atoms with Crippen molar-refractivity contribution < 1.29 is 23.2 Å². The molecular weight excluding hydrogens is 455 g/mol. The number of anilines is 1. The smallest absolute Gasteiger partial charge is 0.410 e. The normalized spacial score (nSPS) is 19.3. The van der Waals surface area contributed by atoms with Crippen LogP contribution in [0.5, 0.6) is 0 Å². The number of hydrogen-bond acceptors (Lipinski definition) is 7. The zero-order valence-electron chi connectivity index (χ0n) is 20.0. The summed E-state index contributed by atoms with van der Waals surface area (Å²) in [5, 5.41) is 6.90. The molecule has 1 N–H and O–H groups in total. The fourth-order valence-corrected chi connectivity index (χ4v) is 3.93. The third-order valence-electron chi connectivity index (χ3n) is 5.96. The van der Waals surface area contributed by atoms with E-state index in [0.717, 1.165) is 5.56 Å². The summed E-state index contributed by atoms with van der Waals surface area (Å²) in [4.78, 5) is 35.8. The average molecular weight is 483 g/mol. The van der Waals surface area contributed by atoms with E-state index in [1.165, 1.54) is 6.20 Å². The van der Waals surface area contributed by atoms with Crippen molar-refractivity contribution in [2.45, 2.75) is 64.9 Å². The quantitative estimate of drug-likeness (QED) is 0.596. The molecule has 35 heavy (non-hydrogen) atoms. The molecule has 3 heterocycles. The molecule has 10 nitrogen and oxygen atoms in total. The van der Waals surface area contributed by atoms with Crippen LogP contribution < -0.4 is 5.32 Å². The van der Waals surface area contributed by atoms with Crippen molar-refractivity contribution in [1.29, 1.82) is 0 Å². The molecule has 1 aliphatic carbocycles. The molecule has 184 valence electrons. The second kappa shape index (κ2) is 8.47. The van der Waals surface area contributed by atoms with Gasteiger partial charge in [0.2, 0.25) is 11.7 Å². The lowest BCUT2D eigenvalue weighted by atomic mass is 10.1. The summed E-state index contributed by atoms with van der Waals surface area (Å²) in [6, 6.07) is 5.44. The number of aryl methyl sites for hydroxylation is 1. The third kappa shape index (κ3) is 4.75. The molecule has 2 aromatic heterocycles. The van der Waals surface area contributed by atoms with Crippen LogP contribution in [-0.2, 0) is 17.8 Å². The second-order valence-corrected chi connectivity index (χ2v) is 9.91. The minimum Gasteiger partial charge on any atom is -0.444 e. The van der Waals surface area contributed by atoms with Crippen molar-refractivity contribution in [2.24, 2.45) is 0 Å². The Morgan fingerprint density at radius 2 is 2.03 bits per heavy atom. The lowest BCUT2D eigenvalue weighted by Crippen LogP contribution is -2.42. The van der Waals surface area contributed by atoms with E-state index in [2.05, 4.69) is 20.4 Å². The van der Waals surface area contributed by atoms with Crippen molar-refractivity contribution in [3.63, 3.8) is 0 Å². The number of rotatable bonds is 4. The summed E-state index contributed by atoms with van der Waals surface area (Å²) in [5.41, 5.74) is 1.91. The van der Waals surface area contributed by atoms with Crippen LogP contribution in [0.1, 0.15) is 60.9 Å². The fourth-order valence-electron chi connectivity index (χ4n) is 3.93. The molecule has 11 heteroatoms. The van der Waals surface area contributed by atoms with Gasteiger partial charge in [-0.15, -0.1) is 0 Å². The highest BCUT2D eigenvalue weighted by atomic mass is 19.1. The summed E-state index contributed by atoms with van der Waals surface area (Å²) >= 11 is 0. The van der Waals surface area contributed by atoms with Gasteiger partial charge in [-0.3, -0.25) is 9.69 Å². The minimum absolute atomic E-state index is 0.262. The molecule has 1 fully saturated rings. The van der Waals surface area contributed by atoms with Gasteiger partial charge in [-0.1, -0.05) is 17.3 Å². The van der Waals surface area contributed by atoms with Gasteiger partial charge in [-0.05, 0) is 45.7 Å². The number of aromatic nitrogens is 4. The van der Waals surface area contributed by atoms with Crippen molar-refractivity contribution in [3.8, 4) is 11.4 Å². The van der Waals surface area contributed by atoms with Crippen LogP contribution in [0.2, 0.25) is 0 Å². The van der Waals surface area contributed by atoms with Gasteiger partial charge >= 0.3 is 6.09 Å². The summed E-state index contributed by atoms with van der Waals surface area (Å²) in [5.74, 6) is 0.619. The predicted molar refractivity (Wildman–Crippen MR) is 124 cm³/mol. The Bertz CT molecular complexity index is 1290. The zero-order chi connectivity index (χ0) is 24.9. The highest BCUT2D eigenvalue weighted by Gasteiger charge is 2.43. The van der Waals surface area contributed by atoms with Crippen LogP contribution in [0.4, 0.5) is 14.9 Å². The molecule has 0 bridgehead atoms. The number of hydrogen-bond donors (Lipinski definition) is 1. The number of amides is 2. The van der Waals surface area contributed by atoms with Crippen LogP contribution >= 0.6 is 0 Å². The number of ether oxygens (including phenoxy) is 1. The molecule has 1 aliphatic heterocycles. The van der Waals surface area contributed by atoms with Crippen molar-refractivity contribution in [1.82, 2.24) is 24.6 Å². The van der Waals surface area contributed by atoms with E-state index in [1.54, 1.807) is 11.0 Å². The van der Waals surface area contributed by atoms with E-state index in [-0.39, 0.29) is 18.4 Å². The first kappa shape index (κ1) is 23.0. The van der Waals surface area contributed by atoms with E-state index in [1.807, 2.05) is 44.4 Å². The predicted octanol–water partition coefficient (Wildman–Crippen LogP) is 4.07. The van der Waals surface area contributed by atoms with E-state index in [0.29, 0.717) is 54.0 Å². The molecule has 1 aromatic carbocycles. The van der Waals surface area contributed by atoms with E-state index in [9.17, 15) is 14.0 Å². The van der Waals surface area contributed by atoms with E-state index in [4.69, 9.17) is 9.26 Å². The molecule has 0 unspecified atom stereocenters. The Morgan fingerprint density at radius 3 is 2.74 bits per heavy atom. The molecule has 0 spiro atoms. The number of halogens is 1.